The largest absolute Gasteiger partial charge is 0.497 e. The third-order valence-corrected chi connectivity index (χ3v) is 9.37. The molecular weight excluding hydrogens is 608 g/mol. The molecule has 12 heteroatoms. The number of ether oxygens (including phenoxy) is 1. The highest BCUT2D eigenvalue weighted by atomic mass is 35.5. The number of fused-ring (bicyclic) bond motifs is 1. The molecule has 1 heterocycles. The second kappa shape index (κ2) is 12.0. The zero-order valence-electron chi connectivity index (χ0n) is 22.7. The molecular formula is C31H25ClF4N2O4S. The summed E-state index contributed by atoms with van der Waals surface area (Å²) >= 11 is 6.37. The van der Waals surface area contributed by atoms with Crippen molar-refractivity contribution in [2.75, 3.05) is 19.0 Å². The highest BCUT2D eigenvalue weighted by Gasteiger charge is 2.34. The van der Waals surface area contributed by atoms with Gasteiger partial charge >= 0.3 is 6.18 Å². The Kier molecular flexibility index (Phi) is 8.51. The summed E-state index contributed by atoms with van der Waals surface area (Å²) in [4.78, 5) is 12.9. The van der Waals surface area contributed by atoms with Gasteiger partial charge in [0.05, 0.1) is 34.7 Å². The number of rotatable bonds is 7. The normalized spacial score (nSPS) is 13.8. The van der Waals surface area contributed by atoms with Gasteiger partial charge in [0.2, 0.25) is 15.9 Å². The standard InChI is InChI=1S/C31H25ClF4N2O4S/c1-42-23-8-3-20(4-9-23)21-5-10-24(11-6-21)43(40,41)38-15-14-25-22(18-38)7-13-27(32)30(25)37-29(39)17-19-2-12-26(28(33)16-19)31(34,35)36/h2-13,16H,14-15,17-18H2,1H3,(H,37,39). The van der Waals surface area contributed by atoms with E-state index in [2.05, 4.69) is 5.32 Å². The van der Waals surface area contributed by atoms with E-state index < -0.39 is 33.5 Å². The summed E-state index contributed by atoms with van der Waals surface area (Å²) in [5, 5.41) is 2.89. The summed E-state index contributed by atoms with van der Waals surface area (Å²) in [7, 11) is -2.26. The van der Waals surface area contributed by atoms with Crippen LogP contribution in [0, 0.1) is 5.82 Å². The fourth-order valence-corrected chi connectivity index (χ4v) is 6.60. The van der Waals surface area contributed by atoms with Crippen LogP contribution in [0.2, 0.25) is 5.02 Å². The fourth-order valence-electron chi connectivity index (χ4n) is 4.96. The highest BCUT2D eigenvalue weighted by Crippen LogP contribution is 2.35. The van der Waals surface area contributed by atoms with E-state index in [0.29, 0.717) is 29.0 Å². The number of halogens is 5. The van der Waals surface area contributed by atoms with E-state index in [-0.39, 0.29) is 47.1 Å². The maximum atomic E-state index is 14.0. The van der Waals surface area contributed by atoms with E-state index >= 15 is 0 Å². The zero-order chi connectivity index (χ0) is 30.9. The van der Waals surface area contributed by atoms with E-state index in [1.54, 1.807) is 37.4 Å². The van der Waals surface area contributed by atoms with Crippen LogP contribution in [0.5, 0.6) is 5.75 Å². The molecule has 0 spiro atoms. The molecule has 0 atom stereocenters. The van der Waals surface area contributed by atoms with Crippen LogP contribution >= 0.6 is 11.6 Å². The summed E-state index contributed by atoms with van der Waals surface area (Å²) in [5.41, 5.74) is 1.98. The first-order chi connectivity index (χ1) is 20.4. The van der Waals surface area contributed by atoms with Crippen molar-refractivity contribution in [1.29, 1.82) is 0 Å². The third kappa shape index (κ3) is 6.53. The number of carbonyl (C=O) groups excluding carboxylic acids is 1. The average Bonchev–Trinajstić information content (AvgIpc) is 2.98. The molecule has 6 nitrogen and oxygen atoms in total. The second-order valence-corrected chi connectivity index (χ2v) is 12.3. The van der Waals surface area contributed by atoms with E-state index in [1.807, 2.05) is 24.3 Å². The molecule has 0 saturated heterocycles. The number of anilines is 1. The number of nitrogens with one attached hydrogen (secondary N) is 1. The third-order valence-electron chi connectivity index (χ3n) is 7.20. The van der Waals surface area contributed by atoms with E-state index in [1.165, 1.54) is 10.4 Å². The number of nitrogens with zero attached hydrogens (tertiary/aromatic N) is 1. The maximum absolute atomic E-state index is 14.0. The molecule has 0 aromatic heterocycles. The molecule has 1 N–H and O–H groups in total. The Balaban J connectivity index is 1.30. The SMILES string of the molecule is COc1ccc(-c2ccc(S(=O)(=O)N3CCc4c(ccc(Cl)c4NC(=O)Cc4ccc(C(F)(F)F)c(F)c4)C3)cc2)cc1. The molecule has 4 aromatic rings. The molecule has 0 saturated carbocycles. The highest BCUT2D eigenvalue weighted by molar-refractivity contribution is 7.89. The van der Waals surface area contributed by atoms with Crippen molar-refractivity contribution in [3.8, 4) is 16.9 Å². The molecule has 43 heavy (non-hydrogen) atoms. The Morgan fingerprint density at radius 2 is 1.63 bits per heavy atom. The molecule has 0 radical (unpaired) electrons. The number of sulfonamides is 1. The van der Waals surface area contributed by atoms with E-state index in [4.69, 9.17) is 16.3 Å². The smallest absolute Gasteiger partial charge is 0.419 e. The van der Waals surface area contributed by atoms with Crippen LogP contribution in [0.1, 0.15) is 22.3 Å². The Hall–Kier alpha value is -3.93. The minimum atomic E-state index is -4.84. The first kappa shape index (κ1) is 30.5. The van der Waals surface area contributed by atoms with E-state index in [0.717, 1.165) is 17.2 Å². The van der Waals surface area contributed by atoms with E-state index in [9.17, 15) is 30.8 Å². The summed E-state index contributed by atoms with van der Waals surface area (Å²) < 4.78 is 86.0. The topological polar surface area (TPSA) is 75.7 Å². The quantitative estimate of drug-likeness (QED) is 0.221. The number of benzene rings is 4. The van der Waals surface area contributed by atoms with Gasteiger partial charge in [0.1, 0.15) is 11.6 Å². The number of amides is 1. The van der Waals surface area contributed by atoms with Crippen LogP contribution < -0.4 is 10.1 Å². The van der Waals surface area contributed by atoms with Crippen LogP contribution in [-0.4, -0.2) is 32.3 Å². The molecule has 1 aliphatic heterocycles. The summed E-state index contributed by atoms with van der Waals surface area (Å²) in [6.45, 7) is 0.172. The number of carbonyl (C=O) groups is 1. The summed E-state index contributed by atoms with van der Waals surface area (Å²) in [5.74, 6) is -1.36. The molecule has 0 aliphatic carbocycles. The van der Waals surface area contributed by atoms with Gasteiger partial charge in [0.25, 0.3) is 0 Å². The number of alkyl halides is 3. The predicted molar refractivity (Wildman–Crippen MR) is 155 cm³/mol. The first-order valence-corrected chi connectivity index (χ1v) is 14.9. The van der Waals surface area contributed by atoms with Crippen LogP contribution in [-0.2, 0) is 40.4 Å². The number of methoxy groups -OCH3 is 1. The summed E-state index contributed by atoms with van der Waals surface area (Å²) in [6.07, 6.45) is -4.98. The van der Waals surface area contributed by atoms with Crippen molar-refractivity contribution in [2.45, 2.75) is 30.5 Å². The molecule has 5 rings (SSSR count). The molecule has 0 unspecified atom stereocenters. The van der Waals surface area contributed by atoms with Gasteiger partial charge in [0.15, 0.2) is 0 Å². The number of hydrogen-bond donors (Lipinski definition) is 1. The molecule has 224 valence electrons. The first-order valence-electron chi connectivity index (χ1n) is 13.1. The van der Waals surface area contributed by atoms with Crippen molar-refractivity contribution in [3.05, 3.63) is 112 Å². The lowest BCUT2D eigenvalue weighted by Crippen LogP contribution is -2.36. The van der Waals surface area contributed by atoms with Crippen molar-refractivity contribution >= 4 is 33.2 Å². The molecule has 1 amide bonds. The molecule has 0 fully saturated rings. The van der Waals surface area contributed by atoms with Crippen LogP contribution in [0.15, 0.2) is 83.8 Å². The van der Waals surface area contributed by atoms with Crippen molar-refractivity contribution in [1.82, 2.24) is 4.31 Å². The predicted octanol–water partition coefficient (Wildman–Crippen LogP) is 7.10. The van der Waals surface area contributed by atoms with Crippen molar-refractivity contribution < 1.29 is 35.5 Å². The average molecular weight is 633 g/mol. The van der Waals surface area contributed by atoms with Crippen LogP contribution in [0.25, 0.3) is 11.1 Å². The number of hydrogen-bond acceptors (Lipinski definition) is 4. The van der Waals surface area contributed by atoms with Gasteiger partial charge in [-0.3, -0.25) is 4.79 Å². The Labute approximate surface area is 250 Å². The fraction of sp³-hybridized carbons (Fsp3) is 0.194. The molecule has 4 aromatic carbocycles. The minimum Gasteiger partial charge on any atom is -0.497 e. The van der Waals surface area contributed by atoms with Gasteiger partial charge in [0, 0.05) is 13.1 Å². The van der Waals surface area contributed by atoms with Crippen molar-refractivity contribution in [3.63, 3.8) is 0 Å². The Morgan fingerprint density at radius 1 is 0.977 bits per heavy atom. The summed E-state index contributed by atoms with van der Waals surface area (Å²) in [6, 6.07) is 19.5. The minimum absolute atomic E-state index is 0.0437. The van der Waals surface area contributed by atoms with Crippen LogP contribution in [0.4, 0.5) is 23.2 Å². The lowest BCUT2D eigenvalue weighted by molar-refractivity contribution is -0.140. The Bertz CT molecular complexity index is 1780. The second-order valence-electron chi connectivity index (χ2n) is 9.94. The van der Waals surface area contributed by atoms with Crippen molar-refractivity contribution in [2.24, 2.45) is 0 Å². The van der Waals surface area contributed by atoms with Gasteiger partial charge < -0.3 is 10.1 Å². The molecule has 1 aliphatic rings. The van der Waals surface area contributed by atoms with Gasteiger partial charge in [-0.1, -0.05) is 48.0 Å². The monoisotopic (exact) mass is 632 g/mol. The van der Waals surface area contributed by atoms with Gasteiger partial charge in [-0.15, -0.1) is 0 Å². The zero-order valence-corrected chi connectivity index (χ0v) is 24.3. The Morgan fingerprint density at radius 3 is 2.23 bits per heavy atom. The maximum Gasteiger partial charge on any atom is 0.419 e. The van der Waals surface area contributed by atoms with Gasteiger partial charge in [-0.05, 0) is 76.7 Å². The molecule has 0 bridgehead atoms. The van der Waals surface area contributed by atoms with Crippen LogP contribution in [0.3, 0.4) is 0 Å². The lowest BCUT2D eigenvalue weighted by atomic mass is 9.98. The lowest BCUT2D eigenvalue weighted by Gasteiger charge is -2.30. The van der Waals surface area contributed by atoms with Gasteiger partial charge in [-0.25, -0.2) is 12.8 Å². The van der Waals surface area contributed by atoms with Gasteiger partial charge in [-0.2, -0.15) is 17.5 Å².